The van der Waals surface area contributed by atoms with Crippen LogP contribution < -0.4 is 10.1 Å². The fraction of sp³-hybridized carbons (Fsp3) is 0.481. The number of carbonyl (C=O) groups is 3. The van der Waals surface area contributed by atoms with Gasteiger partial charge in [0.25, 0.3) is 5.91 Å². The van der Waals surface area contributed by atoms with Crippen LogP contribution in [-0.4, -0.2) is 82.7 Å². The summed E-state index contributed by atoms with van der Waals surface area (Å²) < 4.78 is 37.6. The van der Waals surface area contributed by atoms with Crippen LogP contribution in [0.2, 0.25) is 5.02 Å². The van der Waals surface area contributed by atoms with Crippen LogP contribution in [0.25, 0.3) is 0 Å². The minimum absolute atomic E-state index is 0.0421. The van der Waals surface area contributed by atoms with Crippen molar-refractivity contribution in [1.29, 1.82) is 0 Å². The van der Waals surface area contributed by atoms with E-state index in [1.54, 1.807) is 35.5 Å². The maximum absolute atomic E-state index is 13.3. The standard InChI is InChI=1S/C25H33ClN4O3.C2HF3O2/c1-19(2)30(14-8-24(31)29-12-4-3-5-13-29)25(32)20-16-21(26)18-23(17-20)33-15-11-28-22-6-9-27-10-7-22;3-2(4,5)1(6)7/h6-7,9-10,16-19H,3-5,8,11-15H2,1-2H3,(H,27,28);(H,6,7). The van der Waals surface area contributed by atoms with Crippen molar-refractivity contribution in [3.63, 3.8) is 0 Å². The lowest BCUT2D eigenvalue weighted by molar-refractivity contribution is -0.192. The fourth-order valence-corrected chi connectivity index (χ4v) is 4.11. The predicted octanol–water partition coefficient (Wildman–Crippen LogP) is 5.11. The van der Waals surface area contributed by atoms with E-state index in [4.69, 9.17) is 26.2 Å². The Morgan fingerprint density at radius 1 is 1.12 bits per heavy atom. The van der Waals surface area contributed by atoms with Gasteiger partial charge < -0.3 is 25.0 Å². The first-order chi connectivity index (χ1) is 18.9. The highest BCUT2D eigenvalue weighted by Crippen LogP contribution is 2.23. The van der Waals surface area contributed by atoms with Crippen molar-refractivity contribution in [1.82, 2.24) is 14.8 Å². The van der Waals surface area contributed by atoms with Crippen LogP contribution in [0, 0.1) is 0 Å². The van der Waals surface area contributed by atoms with E-state index >= 15 is 0 Å². The molecule has 0 aliphatic carbocycles. The van der Waals surface area contributed by atoms with Crippen molar-refractivity contribution < 1.29 is 37.4 Å². The summed E-state index contributed by atoms with van der Waals surface area (Å²) in [6.45, 7) is 6.93. The van der Waals surface area contributed by atoms with Gasteiger partial charge in [0.2, 0.25) is 5.91 Å². The number of halogens is 4. The molecule has 9 nitrogen and oxygen atoms in total. The number of carboxylic acid groups (broad SMARTS) is 1. The second-order valence-corrected chi connectivity index (χ2v) is 9.71. The van der Waals surface area contributed by atoms with Gasteiger partial charge in [0.15, 0.2) is 0 Å². The van der Waals surface area contributed by atoms with Crippen molar-refractivity contribution in [2.75, 3.05) is 38.1 Å². The van der Waals surface area contributed by atoms with Crippen molar-refractivity contribution in [3.8, 4) is 5.75 Å². The zero-order chi connectivity index (χ0) is 29.7. The number of carboxylic acids is 1. The van der Waals surface area contributed by atoms with Gasteiger partial charge in [-0.25, -0.2) is 4.79 Å². The predicted molar refractivity (Wildman–Crippen MR) is 145 cm³/mol. The molecule has 3 rings (SSSR count). The SMILES string of the molecule is CC(C)N(CCC(=O)N1CCCCC1)C(=O)c1cc(Cl)cc(OCCNc2ccncc2)c1.O=C(O)C(F)(F)F. The highest BCUT2D eigenvalue weighted by molar-refractivity contribution is 6.31. The lowest BCUT2D eigenvalue weighted by atomic mass is 10.1. The molecule has 1 fully saturated rings. The monoisotopic (exact) mass is 586 g/mol. The Labute approximate surface area is 236 Å². The Balaban J connectivity index is 0.000000708. The Hall–Kier alpha value is -3.54. The van der Waals surface area contributed by atoms with Crippen molar-refractivity contribution in [2.24, 2.45) is 0 Å². The summed E-state index contributed by atoms with van der Waals surface area (Å²) in [7, 11) is 0. The van der Waals surface area contributed by atoms with Crippen molar-refractivity contribution in [2.45, 2.75) is 51.7 Å². The first-order valence-electron chi connectivity index (χ1n) is 12.8. The molecule has 2 heterocycles. The number of rotatable bonds is 10. The quantitative estimate of drug-likeness (QED) is 0.372. The van der Waals surface area contributed by atoms with E-state index in [9.17, 15) is 22.8 Å². The maximum Gasteiger partial charge on any atom is 0.490 e. The minimum Gasteiger partial charge on any atom is -0.492 e. The van der Waals surface area contributed by atoms with Crippen LogP contribution in [0.15, 0.2) is 42.7 Å². The summed E-state index contributed by atoms with van der Waals surface area (Å²) >= 11 is 6.28. The van der Waals surface area contributed by atoms with Gasteiger partial charge in [-0.3, -0.25) is 14.6 Å². The van der Waals surface area contributed by atoms with E-state index in [0.717, 1.165) is 31.6 Å². The number of anilines is 1. The van der Waals surface area contributed by atoms with E-state index in [0.29, 0.717) is 42.5 Å². The lowest BCUT2D eigenvalue weighted by Gasteiger charge is -2.30. The molecule has 1 aromatic carbocycles. The molecule has 1 aliphatic rings. The number of amides is 2. The molecule has 0 saturated carbocycles. The molecule has 2 aromatic rings. The molecule has 220 valence electrons. The second kappa shape index (κ2) is 15.9. The Bertz CT molecular complexity index is 1110. The van der Waals surface area contributed by atoms with Crippen LogP contribution in [-0.2, 0) is 9.59 Å². The molecule has 0 atom stereocenters. The molecule has 0 unspecified atom stereocenters. The van der Waals surface area contributed by atoms with E-state index in [2.05, 4.69) is 10.3 Å². The lowest BCUT2D eigenvalue weighted by Crippen LogP contribution is -2.41. The summed E-state index contributed by atoms with van der Waals surface area (Å²) in [5.74, 6) is -2.26. The number of ether oxygens (including phenoxy) is 1. The maximum atomic E-state index is 13.3. The molecule has 40 heavy (non-hydrogen) atoms. The van der Waals surface area contributed by atoms with Crippen molar-refractivity contribution >= 4 is 35.1 Å². The van der Waals surface area contributed by atoms with Gasteiger partial charge in [0, 0.05) is 67.3 Å². The molecular weight excluding hydrogens is 553 g/mol. The average Bonchev–Trinajstić information content (AvgIpc) is 2.91. The van der Waals surface area contributed by atoms with Gasteiger partial charge in [-0.2, -0.15) is 13.2 Å². The smallest absolute Gasteiger partial charge is 0.490 e. The number of benzene rings is 1. The third kappa shape index (κ3) is 11.3. The molecule has 1 aromatic heterocycles. The number of hydrogen-bond acceptors (Lipinski definition) is 6. The van der Waals surface area contributed by atoms with Crippen LogP contribution in [0.3, 0.4) is 0 Å². The molecule has 13 heteroatoms. The molecule has 1 aliphatic heterocycles. The normalized spacial score (nSPS) is 13.2. The number of nitrogens with one attached hydrogen (secondary N) is 1. The summed E-state index contributed by atoms with van der Waals surface area (Å²) in [5, 5.41) is 10.8. The Morgan fingerprint density at radius 2 is 1.75 bits per heavy atom. The second-order valence-electron chi connectivity index (χ2n) is 9.27. The zero-order valence-corrected chi connectivity index (χ0v) is 23.2. The molecule has 1 saturated heterocycles. The van der Waals surface area contributed by atoms with Gasteiger partial charge in [0.1, 0.15) is 12.4 Å². The molecule has 0 spiro atoms. The van der Waals surface area contributed by atoms with Crippen molar-refractivity contribution in [3.05, 3.63) is 53.3 Å². The number of likely N-dealkylation sites (tertiary alicyclic amines) is 1. The highest BCUT2D eigenvalue weighted by Gasteiger charge is 2.38. The zero-order valence-electron chi connectivity index (χ0n) is 22.4. The topological polar surface area (TPSA) is 112 Å². The molecule has 2 N–H and O–H groups in total. The fourth-order valence-electron chi connectivity index (χ4n) is 3.88. The first-order valence-corrected chi connectivity index (χ1v) is 13.2. The number of nitrogens with zero attached hydrogens (tertiary/aromatic N) is 3. The van der Waals surface area contributed by atoms with Gasteiger partial charge in [0.05, 0.1) is 0 Å². The Kier molecular flexibility index (Phi) is 13.0. The number of aromatic nitrogens is 1. The van der Waals surface area contributed by atoms with E-state index < -0.39 is 12.1 Å². The van der Waals surface area contributed by atoms with Crippen LogP contribution >= 0.6 is 11.6 Å². The van der Waals surface area contributed by atoms with Crippen LogP contribution in [0.4, 0.5) is 18.9 Å². The summed E-state index contributed by atoms with van der Waals surface area (Å²) in [4.78, 5) is 42.4. The number of aliphatic carboxylic acids is 1. The number of hydrogen-bond donors (Lipinski definition) is 2. The van der Waals surface area contributed by atoms with E-state index in [1.165, 1.54) is 6.42 Å². The van der Waals surface area contributed by atoms with Gasteiger partial charge >= 0.3 is 12.1 Å². The number of pyridine rings is 1. The number of carbonyl (C=O) groups excluding carboxylic acids is 2. The number of alkyl halides is 3. The average molecular weight is 587 g/mol. The third-order valence-corrected chi connectivity index (χ3v) is 6.12. The summed E-state index contributed by atoms with van der Waals surface area (Å²) in [6.07, 6.45) is 1.98. The largest absolute Gasteiger partial charge is 0.492 e. The van der Waals surface area contributed by atoms with Gasteiger partial charge in [-0.15, -0.1) is 0 Å². The summed E-state index contributed by atoms with van der Waals surface area (Å²) in [6, 6.07) is 8.78. The number of piperidine rings is 1. The highest BCUT2D eigenvalue weighted by atomic mass is 35.5. The summed E-state index contributed by atoms with van der Waals surface area (Å²) in [5.41, 5.74) is 1.42. The van der Waals surface area contributed by atoms with Gasteiger partial charge in [-0.1, -0.05) is 11.6 Å². The van der Waals surface area contributed by atoms with E-state index in [-0.39, 0.29) is 17.9 Å². The Morgan fingerprint density at radius 3 is 2.33 bits per heavy atom. The van der Waals surface area contributed by atoms with E-state index in [1.807, 2.05) is 30.9 Å². The molecular formula is C27H34ClF3N4O5. The van der Waals surface area contributed by atoms with Crippen LogP contribution in [0.1, 0.15) is 49.9 Å². The third-order valence-electron chi connectivity index (χ3n) is 5.90. The molecule has 0 bridgehead atoms. The van der Waals surface area contributed by atoms with Gasteiger partial charge in [-0.05, 0) is 63.4 Å². The van der Waals surface area contributed by atoms with Crippen LogP contribution in [0.5, 0.6) is 5.75 Å². The first kappa shape index (κ1) is 32.7. The minimum atomic E-state index is -5.08. The molecule has 2 amide bonds. The molecule has 0 radical (unpaired) electrons.